The molecule has 0 spiro atoms. The third kappa shape index (κ3) is 3.95. The van der Waals surface area contributed by atoms with Crippen molar-refractivity contribution in [2.45, 2.75) is 19.8 Å². The zero-order chi connectivity index (χ0) is 16.1. The van der Waals surface area contributed by atoms with E-state index in [4.69, 9.17) is 0 Å². The smallest absolute Gasteiger partial charge is 0.224 e. The number of benzene rings is 2. The Morgan fingerprint density at radius 1 is 1.04 bits per heavy atom. The highest BCUT2D eigenvalue weighted by atomic mass is 16.1. The number of anilines is 1. The van der Waals surface area contributed by atoms with Crippen molar-refractivity contribution >= 4 is 22.5 Å². The van der Waals surface area contributed by atoms with E-state index in [0.717, 1.165) is 23.0 Å². The van der Waals surface area contributed by atoms with Gasteiger partial charge in [0.15, 0.2) is 0 Å². The molecule has 1 atom stereocenters. The minimum Gasteiger partial charge on any atom is -0.324 e. The van der Waals surface area contributed by atoms with Crippen molar-refractivity contribution in [3.8, 4) is 0 Å². The Hall–Kier alpha value is -2.68. The molecule has 0 aliphatic heterocycles. The maximum absolute atomic E-state index is 12.3. The van der Waals surface area contributed by atoms with E-state index in [-0.39, 0.29) is 5.91 Å². The lowest BCUT2D eigenvalue weighted by Crippen LogP contribution is -2.16. The van der Waals surface area contributed by atoms with Gasteiger partial charge in [0.25, 0.3) is 0 Å². The lowest BCUT2D eigenvalue weighted by Gasteiger charge is -2.12. The first-order valence-electron chi connectivity index (χ1n) is 7.90. The molecule has 3 nitrogen and oxygen atoms in total. The summed E-state index contributed by atoms with van der Waals surface area (Å²) in [7, 11) is 0. The summed E-state index contributed by atoms with van der Waals surface area (Å²) in [4.78, 5) is 16.7. The molecule has 3 aromatic rings. The predicted molar refractivity (Wildman–Crippen MR) is 94.3 cm³/mol. The van der Waals surface area contributed by atoms with Gasteiger partial charge >= 0.3 is 0 Å². The van der Waals surface area contributed by atoms with Gasteiger partial charge in [0.1, 0.15) is 0 Å². The summed E-state index contributed by atoms with van der Waals surface area (Å²) < 4.78 is 0. The summed E-state index contributed by atoms with van der Waals surface area (Å²) in [5, 5.41) is 4.03. The van der Waals surface area contributed by atoms with Gasteiger partial charge in [-0.05, 0) is 30.0 Å². The Kier molecular flexibility index (Phi) is 4.67. The molecule has 2 aromatic carbocycles. The van der Waals surface area contributed by atoms with E-state index in [1.807, 2.05) is 48.5 Å². The number of hydrogen-bond acceptors (Lipinski definition) is 2. The fourth-order valence-corrected chi connectivity index (χ4v) is 2.81. The van der Waals surface area contributed by atoms with Crippen LogP contribution < -0.4 is 5.32 Å². The van der Waals surface area contributed by atoms with Gasteiger partial charge in [0.2, 0.25) is 5.91 Å². The van der Waals surface area contributed by atoms with Crippen LogP contribution in [0.2, 0.25) is 0 Å². The molecular formula is C20H20N2O. The highest BCUT2D eigenvalue weighted by Crippen LogP contribution is 2.21. The van der Waals surface area contributed by atoms with E-state index >= 15 is 0 Å². The summed E-state index contributed by atoms with van der Waals surface area (Å²) in [5.74, 6) is 0.326. The van der Waals surface area contributed by atoms with Gasteiger partial charge in [-0.25, -0.2) is 0 Å². The van der Waals surface area contributed by atoms with Crippen molar-refractivity contribution in [1.82, 2.24) is 4.98 Å². The molecule has 23 heavy (non-hydrogen) atoms. The van der Waals surface area contributed by atoms with Gasteiger partial charge in [-0.1, -0.05) is 55.5 Å². The van der Waals surface area contributed by atoms with Crippen LogP contribution >= 0.6 is 0 Å². The molecule has 1 N–H and O–H groups in total. The Balaban J connectivity index is 1.64. The fourth-order valence-electron chi connectivity index (χ4n) is 2.81. The average Bonchev–Trinajstić information content (AvgIpc) is 2.56. The maximum atomic E-state index is 12.3. The lowest BCUT2D eigenvalue weighted by atomic mass is 9.98. The second kappa shape index (κ2) is 7.05. The van der Waals surface area contributed by atoms with Crippen LogP contribution in [0.5, 0.6) is 0 Å². The molecule has 0 radical (unpaired) electrons. The van der Waals surface area contributed by atoms with Gasteiger partial charge in [-0.3, -0.25) is 9.78 Å². The molecule has 3 heteroatoms. The van der Waals surface area contributed by atoms with E-state index in [9.17, 15) is 4.79 Å². The molecule has 0 bridgehead atoms. The standard InChI is InChI=1S/C20H20N2O/c1-15(13-16-7-3-2-4-8-16)14-19(23)22-18-11-5-9-17-10-6-12-21-20(17)18/h2-12,15H,13-14H2,1H3,(H,22,23)/t15-/m1/s1. The molecule has 0 aliphatic carbocycles. The number of pyridine rings is 1. The van der Waals surface area contributed by atoms with E-state index in [1.165, 1.54) is 5.56 Å². The quantitative estimate of drug-likeness (QED) is 0.757. The van der Waals surface area contributed by atoms with Crippen molar-refractivity contribution < 1.29 is 4.79 Å². The molecule has 0 saturated carbocycles. The number of nitrogens with one attached hydrogen (secondary N) is 1. The number of para-hydroxylation sites is 1. The van der Waals surface area contributed by atoms with Crippen molar-refractivity contribution in [3.63, 3.8) is 0 Å². The molecule has 0 aliphatic rings. The topological polar surface area (TPSA) is 42.0 Å². The van der Waals surface area contributed by atoms with Crippen LogP contribution in [-0.2, 0) is 11.2 Å². The molecule has 1 amide bonds. The van der Waals surface area contributed by atoms with Crippen LogP contribution in [0.15, 0.2) is 66.9 Å². The summed E-state index contributed by atoms with van der Waals surface area (Å²) in [6, 6.07) is 20.0. The second-order valence-electron chi connectivity index (χ2n) is 5.93. The average molecular weight is 304 g/mol. The number of hydrogen-bond donors (Lipinski definition) is 1. The third-order valence-electron chi connectivity index (χ3n) is 3.87. The van der Waals surface area contributed by atoms with E-state index in [2.05, 4.69) is 29.4 Å². The SMILES string of the molecule is C[C@@H](CC(=O)Nc1cccc2cccnc12)Cc1ccccc1. The Morgan fingerprint density at radius 3 is 2.65 bits per heavy atom. The fraction of sp³-hybridized carbons (Fsp3) is 0.200. The normalized spacial score (nSPS) is 12.0. The summed E-state index contributed by atoms with van der Waals surface area (Å²) >= 11 is 0. The van der Waals surface area contributed by atoms with Gasteiger partial charge < -0.3 is 5.32 Å². The number of fused-ring (bicyclic) bond motifs is 1. The molecule has 1 heterocycles. The number of aromatic nitrogens is 1. The highest BCUT2D eigenvalue weighted by Gasteiger charge is 2.11. The molecule has 0 fully saturated rings. The first kappa shape index (κ1) is 15.2. The number of carbonyl (C=O) groups is 1. The summed E-state index contributed by atoms with van der Waals surface area (Å²) in [5.41, 5.74) is 2.87. The molecule has 0 saturated heterocycles. The van der Waals surface area contributed by atoms with E-state index in [0.29, 0.717) is 12.3 Å². The number of carbonyl (C=O) groups excluding carboxylic acids is 1. The largest absolute Gasteiger partial charge is 0.324 e. The Morgan fingerprint density at radius 2 is 1.83 bits per heavy atom. The Bertz CT molecular complexity index is 794. The van der Waals surface area contributed by atoms with Crippen LogP contribution in [-0.4, -0.2) is 10.9 Å². The predicted octanol–water partition coefficient (Wildman–Crippen LogP) is 4.44. The van der Waals surface area contributed by atoms with Crippen molar-refractivity contribution in [1.29, 1.82) is 0 Å². The van der Waals surface area contributed by atoms with Gasteiger partial charge in [-0.15, -0.1) is 0 Å². The van der Waals surface area contributed by atoms with Crippen LogP contribution in [0, 0.1) is 5.92 Å². The first-order chi connectivity index (χ1) is 11.2. The summed E-state index contributed by atoms with van der Waals surface area (Å²) in [6.07, 6.45) is 3.15. The zero-order valence-electron chi connectivity index (χ0n) is 13.2. The van der Waals surface area contributed by atoms with Crippen molar-refractivity contribution in [2.75, 3.05) is 5.32 Å². The van der Waals surface area contributed by atoms with Crippen LogP contribution in [0.1, 0.15) is 18.9 Å². The molecular weight excluding hydrogens is 284 g/mol. The van der Waals surface area contributed by atoms with Crippen LogP contribution in [0.4, 0.5) is 5.69 Å². The third-order valence-corrected chi connectivity index (χ3v) is 3.87. The maximum Gasteiger partial charge on any atom is 0.224 e. The highest BCUT2D eigenvalue weighted by molar-refractivity contribution is 6.00. The number of rotatable bonds is 5. The number of nitrogens with zero attached hydrogens (tertiary/aromatic N) is 1. The summed E-state index contributed by atoms with van der Waals surface area (Å²) in [6.45, 7) is 2.11. The van der Waals surface area contributed by atoms with E-state index < -0.39 is 0 Å². The van der Waals surface area contributed by atoms with Gasteiger partial charge in [-0.2, -0.15) is 0 Å². The number of amides is 1. The van der Waals surface area contributed by atoms with Gasteiger partial charge in [0, 0.05) is 18.0 Å². The van der Waals surface area contributed by atoms with Crippen LogP contribution in [0.25, 0.3) is 10.9 Å². The Labute approximate surface area is 136 Å². The van der Waals surface area contributed by atoms with Crippen LogP contribution in [0.3, 0.4) is 0 Å². The molecule has 3 rings (SSSR count). The van der Waals surface area contributed by atoms with E-state index in [1.54, 1.807) is 6.20 Å². The van der Waals surface area contributed by atoms with Crippen molar-refractivity contribution in [2.24, 2.45) is 5.92 Å². The lowest BCUT2D eigenvalue weighted by molar-refractivity contribution is -0.116. The second-order valence-corrected chi connectivity index (χ2v) is 5.93. The first-order valence-corrected chi connectivity index (χ1v) is 7.90. The van der Waals surface area contributed by atoms with Crippen molar-refractivity contribution in [3.05, 3.63) is 72.4 Å². The monoisotopic (exact) mass is 304 g/mol. The molecule has 116 valence electrons. The molecule has 0 unspecified atom stereocenters. The zero-order valence-corrected chi connectivity index (χ0v) is 13.2. The minimum atomic E-state index is 0.0339. The van der Waals surface area contributed by atoms with Gasteiger partial charge in [0.05, 0.1) is 11.2 Å². The minimum absolute atomic E-state index is 0.0339. The molecule has 1 aromatic heterocycles.